The molecule has 0 heterocycles. The molecule has 0 aliphatic carbocycles. The zero-order valence-corrected chi connectivity index (χ0v) is 12.8. The monoisotopic (exact) mass is 310 g/mol. The minimum atomic E-state index is -0.248. The molecule has 2 rings (SSSR count). The van der Waals surface area contributed by atoms with E-state index in [4.69, 9.17) is 33.8 Å². The molecule has 0 saturated carbocycles. The second kappa shape index (κ2) is 6.46. The van der Waals surface area contributed by atoms with E-state index >= 15 is 0 Å². The highest BCUT2D eigenvalue weighted by Gasteiger charge is 2.20. The molecule has 106 valence electrons. The lowest BCUT2D eigenvalue weighted by Gasteiger charge is -2.22. The van der Waals surface area contributed by atoms with Crippen LogP contribution in [0.2, 0.25) is 10.0 Å². The van der Waals surface area contributed by atoms with E-state index in [0.717, 1.165) is 22.4 Å². The van der Waals surface area contributed by atoms with Gasteiger partial charge in [-0.1, -0.05) is 35.3 Å². The summed E-state index contributed by atoms with van der Waals surface area (Å²) in [5.74, 6) is 6.46. The number of hydrogen-bond acceptors (Lipinski definition) is 3. The van der Waals surface area contributed by atoms with Crippen molar-refractivity contribution in [3.05, 3.63) is 63.1 Å². The number of nitrogens with one attached hydrogen (secondary N) is 1. The molecule has 2 aromatic rings. The van der Waals surface area contributed by atoms with Crippen molar-refractivity contribution >= 4 is 23.2 Å². The van der Waals surface area contributed by atoms with Crippen LogP contribution >= 0.6 is 23.2 Å². The van der Waals surface area contributed by atoms with Crippen LogP contribution in [0.3, 0.4) is 0 Å². The van der Waals surface area contributed by atoms with Crippen LogP contribution in [0.5, 0.6) is 5.75 Å². The van der Waals surface area contributed by atoms with Gasteiger partial charge < -0.3 is 4.74 Å². The van der Waals surface area contributed by atoms with Crippen LogP contribution in [0, 0.1) is 6.92 Å². The molecule has 0 saturated heterocycles. The molecule has 1 atom stereocenters. The van der Waals surface area contributed by atoms with E-state index < -0.39 is 0 Å². The summed E-state index contributed by atoms with van der Waals surface area (Å²) in [6.45, 7) is 1.96. The fourth-order valence-corrected chi connectivity index (χ4v) is 2.58. The van der Waals surface area contributed by atoms with Crippen molar-refractivity contribution in [2.24, 2.45) is 5.84 Å². The molecule has 3 N–H and O–H groups in total. The smallest absolute Gasteiger partial charge is 0.124 e. The quantitative estimate of drug-likeness (QED) is 0.666. The number of benzene rings is 2. The summed E-state index contributed by atoms with van der Waals surface area (Å²) in [6.07, 6.45) is 0. The first-order chi connectivity index (χ1) is 9.58. The molecule has 5 heteroatoms. The Morgan fingerprint density at radius 1 is 1.15 bits per heavy atom. The van der Waals surface area contributed by atoms with Crippen molar-refractivity contribution in [2.45, 2.75) is 13.0 Å². The lowest BCUT2D eigenvalue weighted by Crippen LogP contribution is -2.29. The maximum absolute atomic E-state index is 6.18. The molecular formula is C15H16Cl2N2O. The molecular weight excluding hydrogens is 295 g/mol. The highest BCUT2D eigenvalue weighted by atomic mass is 35.5. The van der Waals surface area contributed by atoms with E-state index in [0.29, 0.717) is 10.0 Å². The topological polar surface area (TPSA) is 47.3 Å². The number of methoxy groups -OCH3 is 1. The first-order valence-electron chi connectivity index (χ1n) is 6.13. The van der Waals surface area contributed by atoms with Gasteiger partial charge in [-0.25, -0.2) is 5.43 Å². The van der Waals surface area contributed by atoms with E-state index in [1.807, 2.05) is 37.3 Å². The van der Waals surface area contributed by atoms with Gasteiger partial charge in [0.1, 0.15) is 5.75 Å². The van der Waals surface area contributed by atoms with Crippen LogP contribution in [0.25, 0.3) is 0 Å². The molecule has 0 radical (unpaired) electrons. The molecule has 0 aliphatic heterocycles. The van der Waals surface area contributed by atoms with Gasteiger partial charge in [0.05, 0.1) is 13.2 Å². The average molecular weight is 311 g/mol. The molecule has 0 aliphatic rings. The SMILES string of the molecule is COc1ccc(Cl)cc1C(NN)c1cccc(Cl)c1C. The predicted octanol–water partition coefficient (Wildman–Crippen LogP) is 3.86. The first kappa shape index (κ1) is 15.1. The molecule has 0 bridgehead atoms. The minimum absolute atomic E-state index is 0.248. The van der Waals surface area contributed by atoms with Crippen molar-refractivity contribution < 1.29 is 4.74 Å². The zero-order valence-electron chi connectivity index (χ0n) is 11.3. The van der Waals surface area contributed by atoms with Gasteiger partial charge in [-0.05, 0) is 42.3 Å². The Morgan fingerprint density at radius 3 is 2.55 bits per heavy atom. The normalized spacial score (nSPS) is 12.2. The van der Waals surface area contributed by atoms with E-state index in [-0.39, 0.29) is 6.04 Å². The Bertz CT molecular complexity index is 617. The number of hydrazine groups is 1. The van der Waals surface area contributed by atoms with Crippen LogP contribution in [0.1, 0.15) is 22.7 Å². The van der Waals surface area contributed by atoms with E-state index in [2.05, 4.69) is 5.43 Å². The average Bonchev–Trinajstić information content (AvgIpc) is 2.44. The second-order valence-electron chi connectivity index (χ2n) is 4.44. The lowest BCUT2D eigenvalue weighted by molar-refractivity contribution is 0.404. The lowest BCUT2D eigenvalue weighted by atomic mass is 9.95. The van der Waals surface area contributed by atoms with Gasteiger partial charge in [-0.3, -0.25) is 5.84 Å². The number of nitrogens with two attached hydrogens (primary N) is 1. The Kier molecular flexibility index (Phi) is 4.89. The third-order valence-corrected chi connectivity index (χ3v) is 3.93. The van der Waals surface area contributed by atoms with Crippen molar-refractivity contribution in [1.29, 1.82) is 0 Å². The van der Waals surface area contributed by atoms with Gasteiger partial charge in [-0.2, -0.15) is 0 Å². The molecule has 0 amide bonds. The van der Waals surface area contributed by atoms with Gasteiger partial charge in [0, 0.05) is 15.6 Å². The standard InChI is InChI=1S/C15H16Cl2N2O/c1-9-11(4-3-5-13(9)17)15(19-18)12-8-10(16)6-7-14(12)20-2/h3-8,15,19H,18H2,1-2H3. The van der Waals surface area contributed by atoms with E-state index in [1.54, 1.807) is 13.2 Å². The van der Waals surface area contributed by atoms with Crippen LogP contribution in [-0.4, -0.2) is 7.11 Å². The maximum atomic E-state index is 6.18. The molecule has 0 fully saturated rings. The fraction of sp³-hybridized carbons (Fsp3) is 0.200. The van der Waals surface area contributed by atoms with Crippen LogP contribution in [-0.2, 0) is 0 Å². The summed E-state index contributed by atoms with van der Waals surface area (Å²) in [6, 6.07) is 10.9. The molecule has 3 nitrogen and oxygen atoms in total. The number of hydrogen-bond donors (Lipinski definition) is 2. The minimum Gasteiger partial charge on any atom is -0.496 e. The molecule has 1 unspecified atom stereocenters. The third-order valence-electron chi connectivity index (χ3n) is 3.29. The van der Waals surface area contributed by atoms with Gasteiger partial charge in [-0.15, -0.1) is 0 Å². The van der Waals surface area contributed by atoms with Gasteiger partial charge in [0.25, 0.3) is 0 Å². The fourth-order valence-electron chi connectivity index (χ4n) is 2.21. The number of ether oxygens (including phenoxy) is 1. The highest BCUT2D eigenvalue weighted by molar-refractivity contribution is 6.31. The zero-order chi connectivity index (χ0) is 14.7. The summed E-state index contributed by atoms with van der Waals surface area (Å²) >= 11 is 12.3. The Hall–Kier alpha value is -1.26. The Balaban J connectivity index is 2.58. The second-order valence-corrected chi connectivity index (χ2v) is 5.28. The summed E-state index contributed by atoms with van der Waals surface area (Å²) in [7, 11) is 1.62. The van der Waals surface area contributed by atoms with Crippen molar-refractivity contribution in [3.63, 3.8) is 0 Å². The molecule has 0 aromatic heterocycles. The Labute approximate surface area is 128 Å². The van der Waals surface area contributed by atoms with Crippen LogP contribution in [0.15, 0.2) is 36.4 Å². The molecule has 0 spiro atoms. The van der Waals surface area contributed by atoms with Crippen LogP contribution < -0.4 is 16.0 Å². The van der Waals surface area contributed by atoms with Gasteiger partial charge in [0.2, 0.25) is 0 Å². The number of halogens is 2. The highest BCUT2D eigenvalue weighted by Crippen LogP contribution is 2.34. The van der Waals surface area contributed by atoms with Crippen molar-refractivity contribution in [1.82, 2.24) is 5.43 Å². The summed E-state index contributed by atoms with van der Waals surface area (Å²) in [5.41, 5.74) is 5.63. The summed E-state index contributed by atoms with van der Waals surface area (Å²) < 4.78 is 5.39. The summed E-state index contributed by atoms with van der Waals surface area (Å²) in [4.78, 5) is 0. The Morgan fingerprint density at radius 2 is 1.90 bits per heavy atom. The predicted molar refractivity (Wildman–Crippen MR) is 83.4 cm³/mol. The molecule has 20 heavy (non-hydrogen) atoms. The first-order valence-corrected chi connectivity index (χ1v) is 6.88. The van der Waals surface area contributed by atoms with Crippen molar-refractivity contribution in [3.8, 4) is 5.75 Å². The van der Waals surface area contributed by atoms with Gasteiger partial charge >= 0.3 is 0 Å². The number of rotatable bonds is 4. The largest absolute Gasteiger partial charge is 0.496 e. The van der Waals surface area contributed by atoms with E-state index in [9.17, 15) is 0 Å². The van der Waals surface area contributed by atoms with E-state index in [1.165, 1.54) is 0 Å². The van der Waals surface area contributed by atoms with Gasteiger partial charge in [0.15, 0.2) is 0 Å². The maximum Gasteiger partial charge on any atom is 0.124 e. The summed E-state index contributed by atoms with van der Waals surface area (Å²) in [5, 5.41) is 1.32. The van der Waals surface area contributed by atoms with Crippen molar-refractivity contribution in [2.75, 3.05) is 7.11 Å². The molecule has 2 aromatic carbocycles. The van der Waals surface area contributed by atoms with Crippen LogP contribution in [0.4, 0.5) is 0 Å². The third kappa shape index (κ3) is 2.91.